The zero-order valence-corrected chi connectivity index (χ0v) is 13.8. The van der Waals surface area contributed by atoms with Crippen LogP contribution < -0.4 is 5.32 Å². The van der Waals surface area contributed by atoms with Gasteiger partial charge in [-0.3, -0.25) is 9.69 Å². The summed E-state index contributed by atoms with van der Waals surface area (Å²) in [5.74, 6) is -0.448. The lowest BCUT2D eigenvalue weighted by atomic mass is 10.0. The molecule has 21 heavy (non-hydrogen) atoms. The molecule has 0 spiro atoms. The van der Waals surface area contributed by atoms with E-state index in [4.69, 9.17) is 4.74 Å². The van der Waals surface area contributed by atoms with E-state index in [0.29, 0.717) is 23.0 Å². The first kappa shape index (κ1) is 16.0. The van der Waals surface area contributed by atoms with Gasteiger partial charge in [-0.2, -0.15) is 0 Å². The van der Waals surface area contributed by atoms with Crippen LogP contribution in [0.2, 0.25) is 0 Å². The molecule has 1 aromatic rings. The second-order valence-electron chi connectivity index (χ2n) is 5.42. The minimum Gasteiger partial charge on any atom is -0.465 e. The third kappa shape index (κ3) is 3.27. The topological polar surface area (TPSA) is 58.6 Å². The number of esters is 1. The molecule has 0 fully saturated rings. The maximum atomic E-state index is 12.1. The van der Waals surface area contributed by atoms with Crippen molar-refractivity contribution in [3.05, 3.63) is 16.0 Å². The first-order valence-corrected chi connectivity index (χ1v) is 8.06. The maximum absolute atomic E-state index is 12.1. The van der Waals surface area contributed by atoms with Gasteiger partial charge < -0.3 is 10.1 Å². The Kier molecular flexibility index (Phi) is 5.00. The summed E-state index contributed by atoms with van der Waals surface area (Å²) in [5, 5.41) is 3.47. The largest absolute Gasteiger partial charge is 0.465 e. The van der Waals surface area contributed by atoms with Crippen LogP contribution in [-0.4, -0.2) is 36.5 Å². The minimum absolute atomic E-state index is 0.0838. The van der Waals surface area contributed by atoms with Crippen molar-refractivity contribution in [1.29, 1.82) is 0 Å². The van der Waals surface area contributed by atoms with Crippen LogP contribution in [0.25, 0.3) is 0 Å². The van der Waals surface area contributed by atoms with E-state index in [-0.39, 0.29) is 11.9 Å². The number of hydrogen-bond donors (Lipinski definition) is 1. The van der Waals surface area contributed by atoms with Crippen LogP contribution in [0.4, 0.5) is 5.00 Å². The number of fused-ring (bicyclic) bond motifs is 1. The number of ether oxygens (including phenoxy) is 1. The molecule has 1 aliphatic rings. The minimum atomic E-state index is -0.364. The van der Waals surface area contributed by atoms with Gasteiger partial charge in [0.1, 0.15) is 5.00 Å². The van der Waals surface area contributed by atoms with E-state index >= 15 is 0 Å². The van der Waals surface area contributed by atoms with Crippen molar-refractivity contribution >= 4 is 28.2 Å². The van der Waals surface area contributed by atoms with Crippen molar-refractivity contribution in [3.63, 3.8) is 0 Å². The summed E-state index contributed by atoms with van der Waals surface area (Å²) in [6.45, 7) is 7.87. The molecular formula is C15H22N2O3S. The van der Waals surface area contributed by atoms with Crippen molar-refractivity contribution in [2.24, 2.45) is 0 Å². The number of anilines is 1. The first-order chi connectivity index (χ1) is 9.97. The molecule has 0 saturated carbocycles. The SMILES string of the molecule is CCC(=O)Nc1sc2c(c1C(=O)OC)CCN(C(C)C)C2. The van der Waals surface area contributed by atoms with Gasteiger partial charge in [0.15, 0.2) is 0 Å². The number of hydrogen-bond acceptors (Lipinski definition) is 5. The molecule has 2 rings (SSSR count). The number of rotatable bonds is 4. The third-order valence-corrected chi connectivity index (χ3v) is 4.91. The number of nitrogens with zero attached hydrogens (tertiary/aromatic N) is 1. The van der Waals surface area contributed by atoms with Crippen LogP contribution in [0.15, 0.2) is 0 Å². The van der Waals surface area contributed by atoms with Gasteiger partial charge in [0.25, 0.3) is 0 Å². The number of methoxy groups -OCH3 is 1. The highest BCUT2D eigenvalue weighted by atomic mass is 32.1. The molecule has 0 saturated heterocycles. The molecule has 0 aliphatic carbocycles. The summed E-state index contributed by atoms with van der Waals surface area (Å²) in [5.41, 5.74) is 1.58. The average molecular weight is 310 g/mol. The van der Waals surface area contributed by atoms with Crippen LogP contribution >= 0.6 is 11.3 Å². The lowest BCUT2D eigenvalue weighted by Gasteiger charge is -2.30. The van der Waals surface area contributed by atoms with Gasteiger partial charge >= 0.3 is 5.97 Å². The van der Waals surface area contributed by atoms with Gasteiger partial charge in [-0.25, -0.2) is 4.79 Å². The van der Waals surface area contributed by atoms with Crippen molar-refractivity contribution in [3.8, 4) is 0 Å². The number of carbonyl (C=O) groups is 2. The molecule has 1 N–H and O–H groups in total. The molecule has 5 nitrogen and oxygen atoms in total. The molecule has 0 bridgehead atoms. The zero-order valence-electron chi connectivity index (χ0n) is 13.0. The molecule has 1 aromatic heterocycles. The standard InChI is InChI=1S/C15H22N2O3S/c1-5-12(18)16-14-13(15(19)20-4)10-6-7-17(9(2)3)8-11(10)21-14/h9H,5-8H2,1-4H3,(H,16,18). The number of nitrogens with one attached hydrogen (secondary N) is 1. The van der Waals surface area contributed by atoms with Crippen molar-refractivity contribution in [2.45, 2.75) is 46.2 Å². The van der Waals surface area contributed by atoms with Gasteiger partial charge in [-0.05, 0) is 25.8 Å². The summed E-state index contributed by atoms with van der Waals surface area (Å²) in [4.78, 5) is 27.3. The Labute approximate surface area is 129 Å². The highest BCUT2D eigenvalue weighted by Crippen LogP contribution is 2.38. The van der Waals surface area contributed by atoms with Crippen LogP contribution in [0, 0.1) is 0 Å². The Bertz CT molecular complexity index is 551. The summed E-state index contributed by atoms with van der Waals surface area (Å²) in [7, 11) is 1.38. The summed E-state index contributed by atoms with van der Waals surface area (Å²) in [6.07, 6.45) is 1.21. The predicted molar refractivity (Wildman–Crippen MR) is 83.8 cm³/mol. The van der Waals surface area contributed by atoms with Gasteiger partial charge in [-0.15, -0.1) is 11.3 Å². The number of thiophene rings is 1. The molecule has 1 aliphatic heterocycles. The summed E-state index contributed by atoms with van der Waals surface area (Å²) >= 11 is 1.50. The van der Waals surface area contributed by atoms with E-state index in [1.54, 1.807) is 6.92 Å². The van der Waals surface area contributed by atoms with Gasteiger partial charge in [0.2, 0.25) is 5.91 Å². The zero-order chi connectivity index (χ0) is 15.6. The maximum Gasteiger partial charge on any atom is 0.341 e. The Morgan fingerprint density at radius 3 is 2.71 bits per heavy atom. The number of amides is 1. The smallest absolute Gasteiger partial charge is 0.341 e. The van der Waals surface area contributed by atoms with Gasteiger partial charge in [-0.1, -0.05) is 6.92 Å². The molecule has 2 heterocycles. The fourth-order valence-electron chi connectivity index (χ4n) is 2.49. The Hall–Kier alpha value is -1.40. The monoisotopic (exact) mass is 310 g/mol. The lowest BCUT2D eigenvalue weighted by Crippen LogP contribution is -2.35. The summed E-state index contributed by atoms with van der Waals surface area (Å²) < 4.78 is 4.89. The van der Waals surface area contributed by atoms with Crippen LogP contribution in [-0.2, 0) is 22.5 Å². The predicted octanol–water partition coefficient (Wildman–Crippen LogP) is 2.65. The molecule has 0 unspecified atom stereocenters. The second-order valence-corrected chi connectivity index (χ2v) is 6.52. The van der Waals surface area contributed by atoms with E-state index < -0.39 is 0 Å². The third-order valence-electron chi connectivity index (χ3n) is 3.78. The van der Waals surface area contributed by atoms with Crippen molar-refractivity contribution in [2.75, 3.05) is 19.0 Å². The Balaban J connectivity index is 2.38. The molecular weight excluding hydrogens is 288 g/mol. The van der Waals surface area contributed by atoms with Crippen LogP contribution in [0.1, 0.15) is 48.0 Å². The van der Waals surface area contributed by atoms with Gasteiger partial charge in [0.05, 0.1) is 12.7 Å². The van der Waals surface area contributed by atoms with E-state index in [2.05, 4.69) is 24.1 Å². The fraction of sp³-hybridized carbons (Fsp3) is 0.600. The molecule has 0 aromatic carbocycles. The Morgan fingerprint density at radius 2 is 2.14 bits per heavy atom. The summed E-state index contributed by atoms with van der Waals surface area (Å²) in [6, 6.07) is 0.468. The van der Waals surface area contributed by atoms with Crippen molar-refractivity contribution < 1.29 is 14.3 Å². The Morgan fingerprint density at radius 1 is 1.43 bits per heavy atom. The highest BCUT2D eigenvalue weighted by Gasteiger charge is 2.29. The van der Waals surface area contributed by atoms with Crippen LogP contribution in [0.3, 0.4) is 0 Å². The molecule has 1 amide bonds. The molecule has 6 heteroatoms. The quantitative estimate of drug-likeness (QED) is 0.869. The van der Waals surface area contributed by atoms with Gasteiger partial charge in [0, 0.05) is 30.4 Å². The first-order valence-electron chi connectivity index (χ1n) is 7.24. The van der Waals surface area contributed by atoms with E-state index in [1.807, 2.05) is 0 Å². The normalized spacial score (nSPS) is 14.9. The van der Waals surface area contributed by atoms with E-state index in [1.165, 1.54) is 18.4 Å². The molecule has 116 valence electrons. The van der Waals surface area contributed by atoms with Crippen LogP contribution in [0.5, 0.6) is 0 Å². The molecule has 0 atom stereocenters. The van der Waals surface area contributed by atoms with Crippen molar-refractivity contribution in [1.82, 2.24) is 4.90 Å². The lowest BCUT2D eigenvalue weighted by molar-refractivity contribution is -0.115. The average Bonchev–Trinajstić information content (AvgIpc) is 2.82. The highest BCUT2D eigenvalue weighted by molar-refractivity contribution is 7.17. The van der Waals surface area contributed by atoms with E-state index in [9.17, 15) is 9.59 Å². The van der Waals surface area contributed by atoms with E-state index in [0.717, 1.165) is 30.0 Å². The number of carbonyl (C=O) groups excluding carboxylic acids is 2. The second kappa shape index (κ2) is 6.58. The fourth-order valence-corrected chi connectivity index (χ4v) is 3.76. The molecule has 0 radical (unpaired) electrons.